The Labute approximate surface area is 84.7 Å². The highest BCUT2D eigenvalue weighted by Crippen LogP contribution is 2.27. The molecule has 1 N–H and O–H groups in total. The van der Waals surface area contributed by atoms with Gasteiger partial charge in [0.15, 0.2) is 0 Å². The summed E-state index contributed by atoms with van der Waals surface area (Å²) in [7, 11) is 0. The highest BCUT2D eigenvalue weighted by molar-refractivity contribution is 9.10. The van der Waals surface area contributed by atoms with Crippen molar-refractivity contribution in [1.82, 2.24) is 4.37 Å². The van der Waals surface area contributed by atoms with Gasteiger partial charge in [0.1, 0.15) is 0 Å². The molecule has 1 aromatic rings. The minimum absolute atomic E-state index is 0.229. The maximum absolute atomic E-state index is 12.6. The Morgan fingerprint density at radius 2 is 2.38 bits per heavy atom. The van der Waals surface area contributed by atoms with Gasteiger partial charge in [0.25, 0.3) is 0 Å². The fourth-order valence-electron chi connectivity index (χ4n) is 0.646. The number of rotatable bonds is 3. The highest BCUT2D eigenvalue weighted by Gasteiger charge is 2.39. The Morgan fingerprint density at radius 1 is 1.77 bits per heavy atom. The zero-order chi connectivity index (χ0) is 10.1. The summed E-state index contributed by atoms with van der Waals surface area (Å²) in [6, 6.07) is 0. The van der Waals surface area contributed by atoms with Gasteiger partial charge in [-0.1, -0.05) is 0 Å². The summed E-state index contributed by atoms with van der Waals surface area (Å²) in [5.74, 6) is -5.84. The molecule has 0 bridgehead atoms. The molecule has 0 aliphatic carbocycles. The van der Waals surface area contributed by atoms with Gasteiger partial charge in [-0.3, -0.25) is 0 Å². The molecule has 0 radical (unpaired) electrons. The molecule has 0 aromatic carbocycles. The van der Waals surface area contributed by atoms with Crippen molar-refractivity contribution >= 4 is 33.4 Å². The lowest BCUT2D eigenvalue weighted by molar-refractivity contribution is -0.164. The van der Waals surface area contributed by atoms with Gasteiger partial charge < -0.3 is 5.11 Å². The minimum atomic E-state index is -3.73. The van der Waals surface area contributed by atoms with Crippen LogP contribution in [0.1, 0.15) is 4.88 Å². The number of carboxylic acid groups (broad SMARTS) is 1. The molecule has 1 heterocycles. The van der Waals surface area contributed by atoms with Crippen LogP contribution in [0.4, 0.5) is 8.78 Å². The minimum Gasteiger partial charge on any atom is -0.477 e. The molecule has 3 nitrogen and oxygen atoms in total. The molecule has 0 saturated heterocycles. The summed E-state index contributed by atoms with van der Waals surface area (Å²) in [5.41, 5.74) is 0. The lowest BCUT2D eigenvalue weighted by Crippen LogP contribution is -2.30. The van der Waals surface area contributed by atoms with Gasteiger partial charge in [-0.2, -0.15) is 13.2 Å². The van der Waals surface area contributed by atoms with Crippen molar-refractivity contribution in [2.45, 2.75) is 12.3 Å². The number of carbonyl (C=O) groups is 1. The normalized spacial score (nSPS) is 11.6. The number of carboxylic acids is 1. The molecule has 72 valence electrons. The maximum Gasteiger partial charge on any atom is 0.374 e. The van der Waals surface area contributed by atoms with E-state index in [-0.39, 0.29) is 4.88 Å². The van der Waals surface area contributed by atoms with Crippen LogP contribution in [0, 0.1) is 0 Å². The van der Waals surface area contributed by atoms with E-state index in [2.05, 4.69) is 20.3 Å². The van der Waals surface area contributed by atoms with E-state index in [1.165, 1.54) is 6.20 Å². The van der Waals surface area contributed by atoms with Gasteiger partial charge in [0.05, 0.1) is 17.1 Å². The molecule has 0 unspecified atom stereocenters. The van der Waals surface area contributed by atoms with E-state index < -0.39 is 18.3 Å². The Balaban J connectivity index is 2.80. The van der Waals surface area contributed by atoms with E-state index in [9.17, 15) is 13.6 Å². The highest BCUT2D eigenvalue weighted by atomic mass is 79.9. The van der Waals surface area contributed by atoms with Crippen molar-refractivity contribution in [3.05, 3.63) is 15.5 Å². The van der Waals surface area contributed by atoms with Crippen LogP contribution in [0.2, 0.25) is 0 Å². The zero-order valence-corrected chi connectivity index (χ0v) is 8.53. The predicted octanol–water partition coefficient (Wildman–Crippen LogP) is 2.17. The van der Waals surface area contributed by atoms with Crippen molar-refractivity contribution in [1.29, 1.82) is 0 Å². The Kier molecular flexibility index (Phi) is 2.97. The topological polar surface area (TPSA) is 50.2 Å². The molecule has 0 aliphatic rings. The van der Waals surface area contributed by atoms with Gasteiger partial charge >= 0.3 is 11.9 Å². The predicted molar refractivity (Wildman–Crippen MR) is 46.1 cm³/mol. The number of hydrogen-bond donors (Lipinski definition) is 1. The summed E-state index contributed by atoms with van der Waals surface area (Å²) in [5, 5.41) is 8.15. The van der Waals surface area contributed by atoms with E-state index in [0.29, 0.717) is 4.47 Å². The first-order chi connectivity index (χ1) is 5.93. The monoisotopic (exact) mass is 271 g/mol. The summed E-state index contributed by atoms with van der Waals surface area (Å²) in [4.78, 5) is 10.3. The first kappa shape index (κ1) is 10.5. The third-order valence-corrected chi connectivity index (χ3v) is 3.03. The molecule has 7 heteroatoms. The van der Waals surface area contributed by atoms with Gasteiger partial charge in [-0.25, -0.2) is 4.79 Å². The number of alkyl halides is 2. The fraction of sp³-hybridized carbons (Fsp3) is 0.333. The lowest BCUT2D eigenvalue weighted by atomic mass is 10.2. The molecule has 0 amide bonds. The van der Waals surface area contributed by atoms with Crippen molar-refractivity contribution < 1.29 is 18.7 Å². The van der Waals surface area contributed by atoms with E-state index >= 15 is 0 Å². The summed E-state index contributed by atoms with van der Waals surface area (Å²) in [6.07, 6.45) is 0.533. The van der Waals surface area contributed by atoms with E-state index in [1.54, 1.807) is 0 Å². The second-order valence-corrected chi connectivity index (χ2v) is 4.02. The Bertz CT molecular complexity index is 328. The molecular formula is C6H4BrF2NO2S. The van der Waals surface area contributed by atoms with E-state index in [1.807, 2.05) is 0 Å². The number of halogens is 3. The van der Waals surface area contributed by atoms with Crippen LogP contribution >= 0.6 is 27.5 Å². The van der Waals surface area contributed by atoms with Crippen LogP contribution in [-0.4, -0.2) is 21.4 Å². The molecule has 0 atom stereocenters. The summed E-state index contributed by atoms with van der Waals surface area (Å²) < 4.78 is 29.3. The van der Waals surface area contributed by atoms with Crippen molar-refractivity contribution in [3.8, 4) is 0 Å². The van der Waals surface area contributed by atoms with E-state index in [4.69, 9.17) is 5.11 Å². The SMILES string of the molecule is O=C(O)C(F)(F)Cc1sncc1Br. The van der Waals surface area contributed by atoms with Crippen LogP contribution < -0.4 is 0 Å². The third-order valence-electron chi connectivity index (χ3n) is 1.29. The molecule has 0 aliphatic heterocycles. The summed E-state index contributed by atoms with van der Waals surface area (Å²) >= 11 is 3.84. The average Bonchev–Trinajstić information content (AvgIpc) is 2.35. The standard InChI is InChI=1S/C6H4BrF2NO2S/c7-3-2-10-13-4(3)1-6(8,9)5(11)12/h2H,1H2,(H,11,12). The number of aliphatic carboxylic acids is 1. The van der Waals surface area contributed by atoms with E-state index in [0.717, 1.165) is 11.5 Å². The second-order valence-electron chi connectivity index (χ2n) is 2.28. The van der Waals surface area contributed by atoms with Gasteiger partial charge in [0, 0.05) is 4.88 Å². The molecular weight excluding hydrogens is 268 g/mol. The van der Waals surface area contributed by atoms with Crippen LogP contribution in [-0.2, 0) is 11.2 Å². The first-order valence-corrected chi connectivity index (χ1v) is 4.70. The number of nitrogens with zero attached hydrogens (tertiary/aromatic N) is 1. The van der Waals surface area contributed by atoms with Crippen LogP contribution in [0.5, 0.6) is 0 Å². The number of hydrogen-bond acceptors (Lipinski definition) is 3. The Hall–Kier alpha value is -0.560. The third kappa shape index (κ3) is 2.44. The molecule has 0 spiro atoms. The Morgan fingerprint density at radius 3 is 2.77 bits per heavy atom. The molecule has 1 aromatic heterocycles. The first-order valence-electron chi connectivity index (χ1n) is 3.14. The molecule has 0 saturated carbocycles. The van der Waals surface area contributed by atoms with Gasteiger partial charge in [-0.15, -0.1) is 0 Å². The molecule has 1 rings (SSSR count). The summed E-state index contributed by atoms with van der Waals surface area (Å²) in [6.45, 7) is 0. The van der Waals surface area contributed by atoms with Gasteiger partial charge in [-0.05, 0) is 27.5 Å². The van der Waals surface area contributed by atoms with Crippen LogP contribution in [0.25, 0.3) is 0 Å². The zero-order valence-electron chi connectivity index (χ0n) is 6.13. The van der Waals surface area contributed by atoms with Crippen molar-refractivity contribution in [3.63, 3.8) is 0 Å². The molecule has 0 fully saturated rings. The van der Waals surface area contributed by atoms with Crippen LogP contribution in [0.3, 0.4) is 0 Å². The largest absolute Gasteiger partial charge is 0.477 e. The molecule has 13 heavy (non-hydrogen) atoms. The smallest absolute Gasteiger partial charge is 0.374 e. The quantitative estimate of drug-likeness (QED) is 0.917. The maximum atomic E-state index is 12.6. The van der Waals surface area contributed by atoms with Crippen molar-refractivity contribution in [2.24, 2.45) is 0 Å². The van der Waals surface area contributed by atoms with Crippen molar-refractivity contribution in [2.75, 3.05) is 0 Å². The lowest BCUT2D eigenvalue weighted by Gasteiger charge is -2.08. The van der Waals surface area contributed by atoms with Gasteiger partial charge in [0.2, 0.25) is 0 Å². The number of aromatic nitrogens is 1. The average molecular weight is 272 g/mol. The second kappa shape index (κ2) is 3.67. The van der Waals surface area contributed by atoms with Crippen LogP contribution in [0.15, 0.2) is 10.7 Å². The fourth-order valence-corrected chi connectivity index (χ4v) is 1.91.